The van der Waals surface area contributed by atoms with Gasteiger partial charge in [0.05, 0.1) is 18.9 Å². The van der Waals surface area contributed by atoms with Gasteiger partial charge in [0.25, 0.3) is 11.5 Å². The molecule has 1 spiro atoms. The molecule has 0 unspecified atom stereocenters. The molecule has 0 radical (unpaired) electrons. The van der Waals surface area contributed by atoms with Crippen LogP contribution >= 0.6 is 0 Å². The van der Waals surface area contributed by atoms with Gasteiger partial charge in [0.1, 0.15) is 12.2 Å². The van der Waals surface area contributed by atoms with Crippen molar-refractivity contribution in [3.63, 3.8) is 0 Å². The molecule has 4 atom stereocenters. The minimum absolute atomic E-state index is 0.0410. The molecule has 4 heterocycles. The summed E-state index contributed by atoms with van der Waals surface area (Å²) >= 11 is 0. The number of hydrogen-bond acceptors (Lipinski definition) is 8. The fourth-order valence-electron chi connectivity index (χ4n) is 5.71. The molecule has 0 aliphatic carbocycles. The Morgan fingerprint density at radius 1 is 1.03 bits per heavy atom. The van der Waals surface area contributed by atoms with E-state index in [1.807, 2.05) is 0 Å². The molecule has 0 saturated carbocycles. The van der Waals surface area contributed by atoms with Crippen LogP contribution in [0.15, 0.2) is 15.7 Å². The van der Waals surface area contributed by atoms with E-state index in [2.05, 4.69) is 60.4 Å². The second-order valence-corrected chi connectivity index (χ2v) is 19.7. The zero-order chi connectivity index (χ0) is 25.2. The molecule has 34 heavy (non-hydrogen) atoms. The number of aliphatic hydroxyl groups excluding tert-OH is 1. The summed E-state index contributed by atoms with van der Waals surface area (Å²) in [6.45, 7) is 17.0. The highest BCUT2D eigenvalue weighted by Crippen LogP contribution is 2.50. The van der Waals surface area contributed by atoms with E-state index in [9.17, 15) is 14.7 Å². The lowest BCUT2D eigenvalue weighted by Crippen LogP contribution is -2.66. The molecule has 3 aliphatic heterocycles. The van der Waals surface area contributed by atoms with Crippen LogP contribution in [-0.2, 0) is 35.0 Å². The molecule has 4 rings (SSSR count). The maximum Gasteiger partial charge on any atom is 0.335 e. The Hall–Kier alpha value is -1.13. The first-order valence-corrected chi connectivity index (χ1v) is 16.1. The molecule has 0 bridgehead atoms. The molecule has 0 aromatic carbocycles. The smallest absolute Gasteiger partial charge is 0.335 e. The van der Waals surface area contributed by atoms with E-state index in [-0.39, 0.29) is 35.4 Å². The van der Waals surface area contributed by atoms with Gasteiger partial charge in [-0.15, -0.1) is 0 Å². The van der Waals surface area contributed by atoms with Gasteiger partial charge in [-0.05, 0) is 22.2 Å². The van der Waals surface area contributed by atoms with E-state index in [0.717, 1.165) is 0 Å². The number of nitrogens with zero attached hydrogens (tertiary/aromatic N) is 1. The van der Waals surface area contributed by atoms with Crippen molar-refractivity contribution in [1.82, 2.24) is 9.55 Å². The standard InChI is InChI=1S/C22H38N2O8Si2/c1-12(2)33(13(3)4)29-11-17-19(31-34(32-33,14(5)6)15(7)8)20(26)22(30-17)24-16(10-28-22)9-18(25)23-21(24)27/h9,12-15,17,19-20,26H,10-11H2,1-8H3,(H,23,25,27)/t17-,19-,20-,22-/m1/s1. The van der Waals surface area contributed by atoms with Gasteiger partial charge >= 0.3 is 22.8 Å². The first kappa shape index (κ1) is 26.0. The molecule has 3 aliphatic rings. The number of nitrogens with one attached hydrogen (secondary N) is 1. The van der Waals surface area contributed by atoms with E-state index in [0.29, 0.717) is 5.69 Å². The van der Waals surface area contributed by atoms with Crippen LogP contribution in [0, 0.1) is 0 Å². The Morgan fingerprint density at radius 2 is 1.62 bits per heavy atom. The number of rotatable bonds is 4. The van der Waals surface area contributed by atoms with Crippen molar-refractivity contribution in [2.45, 2.75) is 108 Å². The van der Waals surface area contributed by atoms with Gasteiger partial charge in [-0.2, -0.15) is 0 Å². The highest BCUT2D eigenvalue weighted by atomic mass is 28.5. The minimum Gasteiger partial charge on any atom is -0.414 e. The van der Waals surface area contributed by atoms with Crippen molar-refractivity contribution in [2.75, 3.05) is 6.61 Å². The SMILES string of the molecule is CC(C)[Si]1(C(C)C)OC[C@H]2O[C@]3(OCc4cc(=O)[nH]c(=O)n43)[C@H](O)[C@@H]2O[Si](C(C)C)(C(C)C)O1. The highest BCUT2D eigenvalue weighted by Gasteiger charge is 2.67. The van der Waals surface area contributed by atoms with Crippen LogP contribution in [0.1, 0.15) is 61.1 Å². The number of aliphatic hydroxyl groups is 1. The van der Waals surface area contributed by atoms with Crippen molar-refractivity contribution < 1.29 is 27.5 Å². The summed E-state index contributed by atoms with van der Waals surface area (Å²) in [5.41, 5.74) is -0.433. The second-order valence-electron chi connectivity index (χ2n) is 10.8. The van der Waals surface area contributed by atoms with E-state index in [1.165, 1.54) is 10.6 Å². The lowest BCUT2D eigenvalue weighted by molar-refractivity contribution is -0.302. The van der Waals surface area contributed by atoms with Crippen LogP contribution in [0.5, 0.6) is 0 Å². The van der Waals surface area contributed by atoms with Gasteiger partial charge in [-0.3, -0.25) is 9.78 Å². The van der Waals surface area contributed by atoms with E-state index >= 15 is 0 Å². The van der Waals surface area contributed by atoms with Gasteiger partial charge in [0.15, 0.2) is 6.10 Å². The van der Waals surface area contributed by atoms with Gasteiger partial charge in [0, 0.05) is 6.07 Å². The van der Waals surface area contributed by atoms with Crippen LogP contribution in [-0.4, -0.2) is 56.7 Å². The molecule has 2 N–H and O–H groups in total. The van der Waals surface area contributed by atoms with Crippen LogP contribution in [0.4, 0.5) is 0 Å². The number of aromatic amines is 1. The first-order chi connectivity index (χ1) is 15.8. The molecule has 12 heteroatoms. The predicted molar refractivity (Wildman–Crippen MR) is 129 cm³/mol. The number of hydrogen-bond donors (Lipinski definition) is 2. The van der Waals surface area contributed by atoms with Gasteiger partial charge < -0.3 is 27.5 Å². The molecule has 1 aromatic heterocycles. The Labute approximate surface area is 202 Å². The molecule has 10 nitrogen and oxygen atoms in total. The minimum atomic E-state index is -2.99. The van der Waals surface area contributed by atoms with Crippen molar-refractivity contribution in [3.05, 3.63) is 32.6 Å². The molecule has 192 valence electrons. The molecule has 0 amide bonds. The second kappa shape index (κ2) is 8.77. The highest BCUT2D eigenvalue weighted by molar-refractivity contribution is 6.83. The van der Waals surface area contributed by atoms with Crippen LogP contribution in [0.3, 0.4) is 0 Å². The Bertz CT molecular complexity index is 1020. The molecule has 2 saturated heterocycles. The fourth-order valence-corrected chi connectivity index (χ4v) is 16.9. The van der Waals surface area contributed by atoms with Gasteiger partial charge in [0.2, 0.25) is 0 Å². The van der Waals surface area contributed by atoms with Crippen molar-refractivity contribution in [3.8, 4) is 0 Å². The molecular weight excluding hydrogens is 476 g/mol. The average Bonchev–Trinajstić information content (AvgIpc) is 3.20. The third-order valence-corrected chi connectivity index (χ3v) is 17.7. The Morgan fingerprint density at radius 3 is 2.18 bits per heavy atom. The number of ether oxygens (including phenoxy) is 2. The summed E-state index contributed by atoms with van der Waals surface area (Å²) in [4.78, 5) is 26.8. The number of aromatic nitrogens is 2. The topological polar surface area (TPSA) is 121 Å². The summed E-state index contributed by atoms with van der Waals surface area (Å²) in [6, 6.07) is 1.28. The Balaban J connectivity index is 1.84. The summed E-state index contributed by atoms with van der Waals surface area (Å²) in [5, 5.41) is 11.6. The lowest BCUT2D eigenvalue weighted by atomic mass is 10.1. The van der Waals surface area contributed by atoms with E-state index in [1.54, 1.807) is 0 Å². The maximum atomic E-state index is 12.8. The van der Waals surface area contributed by atoms with Crippen molar-refractivity contribution in [2.24, 2.45) is 0 Å². The Kier molecular flexibility index (Phi) is 6.69. The predicted octanol–water partition coefficient (Wildman–Crippen LogP) is 2.39. The van der Waals surface area contributed by atoms with Crippen LogP contribution < -0.4 is 11.2 Å². The summed E-state index contributed by atoms with van der Waals surface area (Å²) in [5.74, 6) is -1.80. The molecular formula is C22H38N2O8Si2. The third-order valence-electron chi connectivity index (χ3n) is 7.46. The first-order valence-electron chi connectivity index (χ1n) is 12.2. The zero-order valence-electron chi connectivity index (χ0n) is 21.3. The lowest BCUT2D eigenvalue weighted by Gasteiger charge is -2.51. The molecule has 1 aromatic rings. The van der Waals surface area contributed by atoms with E-state index in [4.69, 9.17) is 22.4 Å². The number of fused-ring (bicyclic) bond motifs is 3. The molecule has 2 fully saturated rings. The summed E-state index contributed by atoms with van der Waals surface area (Å²) in [6.07, 6.45) is -2.84. The van der Waals surface area contributed by atoms with Gasteiger partial charge in [-0.25, -0.2) is 9.36 Å². The van der Waals surface area contributed by atoms with Crippen LogP contribution in [0.25, 0.3) is 0 Å². The number of H-pyrrole nitrogens is 1. The average molecular weight is 515 g/mol. The largest absolute Gasteiger partial charge is 0.414 e. The van der Waals surface area contributed by atoms with Crippen LogP contribution in [0.2, 0.25) is 22.2 Å². The zero-order valence-corrected chi connectivity index (χ0v) is 23.3. The maximum absolute atomic E-state index is 12.8. The fraction of sp³-hybridized carbons (Fsp3) is 0.818. The third kappa shape index (κ3) is 3.65. The monoisotopic (exact) mass is 514 g/mol. The summed E-state index contributed by atoms with van der Waals surface area (Å²) < 4.78 is 34.1. The van der Waals surface area contributed by atoms with E-state index < -0.39 is 52.6 Å². The van der Waals surface area contributed by atoms with Gasteiger partial charge in [-0.1, -0.05) is 55.4 Å². The normalized spacial score (nSPS) is 32.4. The quantitative estimate of drug-likeness (QED) is 0.588. The summed E-state index contributed by atoms with van der Waals surface area (Å²) in [7, 11) is -5.78. The van der Waals surface area contributed by atoms with Crippen molar-refractivity contribution in [1.29, 1.82) is 0 Å². The van der Waals surface area contributed by atoms with Crippen molar-refractivity contribution >= 4 is 17.1 Å².